The highest BCUT2D eigenvalue weighted by molar-refractivity contribution is 6.07. The van der Waals surface area contributed by atoms with Crippen LogP contribution in [0.1, 0.15) is 15.9 Å². The van der Waals surface area contributed by atoms with Crippen LogP contribution in [0.25, 0.3) is 17.0 Å². The lowest BCUT2D eigenvalue weighted by Gasteiger charge is -2.00. The third-order valence-corrected chi connectivity index (χ3v) is 3.43. The smallest absolute Gasteiger partial charge is 0.347 e. The Morgan fingerprint density at radius 3 is 2.74 bits per heavy atom. The fourth-order valence-corrected chi connectivity index (χ4v) is 2.24. The molecule has 2 aromatic carbocycles. The quantitative estimate of drug-likeness (QED) is 0.419. The first-order valence-electron chi connectivity index (χ1n) is 7.07. The highest BCUT2D eigenvalue weighted by atomic mass is 16.5. The van der Waals surface area contributed by atoms with Crippen LogP contribution in [0.5, 0.6) is 5.75 Å². The first kappa shape index (κ1) is 14.8. The Hall–Kier alpha value is -3.14. The largest absolute Gasteiger partial charge is 0.497 e. The van der Waals surface area contributed by atoms with Gasteiger partial charge >= 0.3 is 5.63 Å². The summed E-state index contributed by atoms with van der Waals surface area (Å²) in [6.45, 7) is 0. The lowest BCUT2D eigenvalue weighted by atomic mass is 10.1. The third kappa shape index (κ3) is 3.21. The molecule has 0 bridgehead atoms. The van der Waals surface area contributed by atoms with Gasteiger partial charge in [0.15, 0.2) is 5.78 Å². The number of carbonyl (C=O) groups excluding carboxylic acids is 1. The summed E-state index contributed by atoms with van der Waals surface area (Å²) < 4.78 is 10.3. The van der Waals surface area contributed by atoms with Crippen LogP contribution in [0.2, 0.25) is 0 Å². The Morgan fingerprint density at radius 2 is 1.91 bits per heavy atom. The van der Waals surface area contributed by atoms with Gasteiger partial charge in [0, 0.05) is 5.39 Å². The minimum atomic E-state index is -0.635. The first-order valence-corrected chi connectivity index (χ1v) is 7.07. The fraction of sp³-hybridized carbons (Fsp3) is 0.0526. The summed E-state index contributed by atoms with van der Waals surface area (Å²) in [6, 6.07) is 15.9. The zero-order valence-corrected chi connectivity index (χ0v) is 12.5. The van der Waals surface area contributed by atoms with Crippen molar-refractivity contribution in [3.8, 4) is 5.75 Å². The second kappa shape index (κ2) is 6.32. The van der Waals surface area contributed by atoms with Crippen LogP contribution in [0.3, 0.4) is 0 Å². The highest BCUT2D eigenvalue weighted by Crippen LogP contribution is 2.15. The maximum atomic E-state index is 12.3. The number of fused-ring (bicyclic) bond motifs is 1. The average molecular weight is 306 g/mol. The van der Waals surface area contributed by atoms with E-state index in [-0.39, 0.29) is 5.56 Å². The first-order chi connectivity index (χ1) is 11.2. The van der Waals surface area contributed by atoms with E-state index in [0.29, 0.717) is 16.7 Å². The van der Waals surface area contributed by atoms with E-state index in [9.17, 15) is 9.59 Å². The Labute approximate surface area is 132 Å². The molecule has 4 heteroatoms. The Bertz CT molecular complexity index is 951. The molecule has 23 heavy (non-hydrogen) atoms. The maximum absolute atomic E-state index is 12.3. The molecule has 0 unspecified atom stereocenters. The van der Waals surface area contributed by atoms with Gasteiger partial charge in [-0.05, 0) is 35.9 Å². The molecule has 0 aliphatic heterocycles. The van der Waals surface area contributed by atoms with Gasteiger partial charge in [0.1, 0.15) is 16.9 Å². The van der Waals surface area contributed by atoms with Crippen LogP contribution in [-0.4, -0.2) is 12.9 Å². The van der Waals surface area contributed by atoms with Crippen molar-refractivity contribution in [3.63, 3.8) is 0 Å². The van der Waals surface area contributed by atoms with E-state index in [1.165, 1.54) is 6.08 Å². The van der Waals surface area contributed by atoms with Gasteiger partial charge in [0.05, 0.1) is 7.11 Å². The molecule has 3 rings (SSSR count). The number of rotatable bonds is 4. The van der Waals surface area contributed by atoms with Crippen molar-refractivity contribution < 1.29 is 13.9 Å². The molecule has 3 aromatic rings. The summed E-state index contributed by atoms with van der Waals surface area (Å²) in [5.41, 5.74) is 0.653. The molecule has 0 aliphatic rings. The molecule has 0 fully saturated rings. The molecular formula is C19H14O4. The Morgan fingerprint density at radius 1 is 1.09 bits per heavy atom. The zero-order valence-electron chi connectivity index (χ0n) is 12.5. The minimum absolute atomic E-state index is 0.0165. The zero-order chi connectivity index (χ0) is 16.2. The standard InChI is InChI=1S/C19H14O4/c1-22-15-7-4-5-13(11-15)9-10-17(20)16-12-14-6-2-3-8-18(14)23-19(16)21/h2-12H,1H3/b10-9+. The summed E-state index contributed by atoms with van der Waals surface area (Å²) >= 11 is 0. The molecule has 114 valence electrons. The molecule has 0 radical (unpaired) electrons. The van der Waals surface area contributed by atoms with E-state index in [4.69, 9.17) is 9.15 Å². The van der Waals surface area contributed by atoms with E-state index in [1.54, 1.807) is 43.5 Å². The van der Waals surface area contributed by atoms with Crippen LogP contribution in [0.15, 0.2) is 69.9 Å². The Balaban J connectivity index is 1.92. The third-order valence-electron chi connectivity index (χ3n) is 3.43. The normalized spacial score (nSPS) is 11.0. The average Bonchev–Trinajstić information content (AvgIpc) is 2.59. The number of carbonyl (C=O) groups is 1. The summed E-state index contributed by atoms with van der Waals surface area (Å²) in [7, 11) is 1.58. The van der Waals surface area contributed by atoms with Crippen LogP contribution in [-0.2, 0) is 0 Å². The summed E-state index contributed by atoms with van der Waals surface area (Å²) in [4.78, 5) is 24.2. The van der Waals surface area contributed by atoms with Crippen molar-refractivity contribution in [2.45, 2.75) is 0 Å². The van der Waals surface area contributed by atoms with Gasteiger partial charge in [-0.3, -0.25) is 4.79 Å². The molecule has 1 aromatic heterocycles. The van der Waals surface area contributed by atoms with Crippen LogP contribution >= 0.6 is 0 Å². The number of para-hydroxylation sites is 1. The van der Waals surface area contributed by atoms with Gasteiger partial charge in [-0.15, -0.1) is 0 Å². The van der Waals surface area contributed by atoms with Crippen molar-refractivity contribution in [2.75, 3.05) is 7.11 Å². The second-order valence-electron chi connectivity index (χ2n) is 4.96. The number of ether oxygens (including phenoxy) is 1. The van der Waals surface area contributed by atoms with Crippen molar-refractivity contribution >= 4 is 22.8 Å². The van der Waals surface area contributed by atoms with Crippen molar-refractivity contribution in [1.29, 1.82) is 0 Å². The predicted molar refractivity (Wildman–Crippen MR) is 88.8 cm³/mol. The maximum Gasteiger partial charge on any atom is 0.347 e. The van der Waals surface area contributed by atoms with Gasteiger partial charge < -0.3 is 9.15 Å². The highest BCUT2D eigenvalue weighted by Gasteiger charge is 2.10. The second-order valence-corrected chi connectivity index (χ2v) is 4.96. The van der Waals surface area contributed by atoms with Crippen LogP contribution in [0.4, 0.5) is 0 Å². The van der Waals surface area contributed by atoms with E-state index < -0.39 is 11.4 Å². The van der Waals surface area contributed by atoms with E-state index in [2.05, 4.69) is 0 Å². The fourth-order valence-electron chi connectivity index (χ4n) is 2.24. The van der Waals surface area contributed by atoms with E-state index in [1.807, 2.05) is 24.3 Å². The van der Waals surface area contributed by atoms with Gasteiger partial charge in [-0.1, -0.05) is 36.4 Å². The Kier molecular flexibility index (Phi) is 4.06. The number of methoxy groups -OCH3 is 1. The number of hydrogen-bond acceptors (Lipinski definition) is 4. The van der Waals surface area contributed by atoms with Crippen LogP contribution in [0, 0.1) is 0 Å². The molecule has 0 atom stereocenters. The molecular weight excluding hydrogens is 292 g/mol. The molecule has 0 saturated heterocycles. The molecule has 0 aliphatic carbocycles. The van der Waals surface area contributed by atoms with Crippen molar-refractivity contribution in [1.82, 2.24) is 0 Å². The minimum Gasteiger partial charge on any atom is -0.497 e. The topological polar surface area (TPSA) is 56.5 Å². The van der Waals surface area contributed by atoms with Crippen LogP contribution < -0.4 is 10.4 Å². The van der Waals surface area contributed by atoms with Gasteiger partial charge in [-0.2, -0.15) is 0 Å². The summed E-state index contributed by atoms with van der Waals surface area (Å²) in [5, 5.41) is 0.713. The number of allylic oxidation sites excluding steroid dienone is 1. The van der Waals surface area contributed by atoms with Gasteiger partial charge in [-0.25, -0.2) is 4.79 Å². The molecule has 0 N–H and O–H groups in total. The molecule has 0 amide bonds. The predicted octanol–water partition coefficient (Wildman–Crippen LogP) is 3.70. The van der Waals surface area contributed by atoms with E-state index >= 15 is 0 Å². The molecule has 0 saturated carbocycles. The number of benzene rings is 2. The number of ketones is 1. The van der Waals surface area contributed by atoms with E-state index in [0.717, 1.165) is 5.56 Å². The molecule has 4 nitrogen and oxygen atoms in total. The molecule has 0 spiro atoms. The molecule has 1 heterocycles. The number of hydrogen-bond donors (Lipinski definition) is 0. The summed E-state index contributed by atoms with van der Waals surface area (Å²) in [6.07, 6.45) is 3.00. The lowest BCUT2D eigenvalue weighted by Crippen LogP contribution is -2.11. The van der Waals surface area contributed by atoms with Gasteiger partial charge in [0.2, 0.25) is 0 Å². The van der Waals surface area contributed by atoms with Crippen molar-refractivity contribution in [3.05, 3.63) is 82.2 Å². The van der Waals surface area contributed by atoms with Crippen molar-refractivity contribution in [2.24, 2.45) is 0 Å². The monoisotopic (exact) mass is 306 g/mol. The van der Waals surface area contributed by atoms with Gasteiger partial charge in [0.25, 0.3) is 0 Å². The summed E-state index contributed by atoms with van der Waals surface area (Å²) in [5.74, 6) is 0.303. The SMILES string of the molecule is COc1cccc(/C=C/C(=O)c2cc3ccccc3oc2=O)c1. The lowest BCUT2D eigenvalue weighted by molar-refractivity contribution is 0.104.